The van der Waals surface area contributed by atoms with Crippen molar-refractivity contribution in [2.24, 2.45) is 0 Å². The lowest BCUT2D eigenvalue weighted by Crippen LogP contribution is -2.13. The highest BCUT2D eigenvalue weighted by atomic mass is 14.2. The van der Waals surface area contributed by atoms with Gasteiger partial charge in [0, 0.05) is 0 Å². The lowest BCUT2D eigenvalue weighted by Gasteiger charge is -2.22. The molecular weight excluding hydrogens is 456 g/mol. The van der Waals surface area contributed by atoms with Gasteiger partial charge in [0.2, 0.25) is 0 Å². The number of allylic oxidation sites excluding steroid dienone is 7. The molecule has 0 N–H and O–H groups in total. The number of hydrogen-bond acceptors (Lipinski definition) is 0. The highest BCUT2D eigenvalue weighted by Crippen LogP contribution is 2.26. The Hall–Kier alpha value is -2.86. The van der Waals surface area contributed by atoms with Gasteiger partial charge < -0.3 is 0 Å². The molecule has 0 aliphatic carbocycles. The Kier molecular flexibility index (Phi) is 19.8. The summed E-state index contributed by atoms with van der Waals surface area (Å²) >= 11 is 0. The van der Waals surface area contributed by atoms with Crippen molar-refractivity contribution in [1.29, 1.82) is 0 Å². The van der Waals surface area contributed by atoms with E-state index in [0.29, 0.717) is 0 Å². The van der Waals surface area contributed by atoms with Gasteiger partial charge in [0.1, 0.15) is 0 Å². The van der Waals surface area contributed by atoms with Crippen LogP contribution in [-0.2, 0) is 18.3 Å². The van der Waals surface area contributed by atoms with E-state index in [1.165, 1.54) is 33.4 Å². The van der Waals surface area contributed by atoms with Crippen molar-refractivity contribution >= 4 is 0 Å². The summed E-state index contributed by atoms with van der Waals surface area (Å²) in [6, 6.07) is 15.5. The molecule has 0 aliphatic rings. The molecule has 0 saturated heterocycles. The molecule has 2 aromatic rings. The zero-order chi connectivity index (χ0) is 29.9. The van der Waals surface area contributed by atoms with Crippen LogP contribution >= 0.6 is 0 Å². The largest absolute Gasteiger partial charge is 0.0985 e. The predicted octanol–water partition coefficient (Wildman–Crippen LogP) is 12.0. The third-order valence-corrected chi connectivity index (χ3v) is 6.20. The van der Waals surface area contributed by atoms with Gasteiger partial charge >= 0.3 is 0 Å². The van der Waals surface area contributed by atoms with Gasteiger partial charge in [-0.2, -0.15) is 0 Å². The fourth-order valence-corrected chi connectivity index (χ4v) is 3.64. The van der Waals surface area contributed by atoms with Crippen LogP contribution in [0.2, 0.25) is 0 Å². The van der Waals surface area contributed by atoms with E-state index in [4.69, 9.17) is 0 Å². The summed E-state index contributed by atoms with van der Waals surface area (Å²) in [5.74, 6) is 0. The van der Waals surface area contributed by atoms with Crippen molar-refractivity contribution in [2.45, 2.75) is 108 Å². The average Bonchev–Trinajstić information content (AvgIpc) is 2.91. The summed E-state index contributed by atoms with van der Waals surface area (Å²) in [5.41, 5.74) is 12.0. The second-order valence-corrected chi connectivity index (χ2v) is 10.5. The molecule has 0 saturated carbocycles. The molecule has 0 aromatic heterocycles. The van der Waals surface area contributed by atoms with Crippen LogP contribution in [-0.4, -0.2) is 0 Å². The summed E-state index contributed by atoms with van der Waals surface area (Å²) in [6.45, 7) is 37.3. The van der Waals surface area contributed by atoms with Gasteiger partial charge in [-0.05, 0) is 97.4 Å². The number of rotatable bonds is 7. The minimum Gasteiger partial charge on any atom is -0.0985 e. The Morgan fingerprint density at radius 2 is 1.26 bits per heavy atom. The van der Waals surface area contributed by atoms with Crippen molar-refractivity contribution in [1.82, 2.24) is 0 Å². The molecule has 0 heteroatoms. The quantitative estimate of drug-likeness (QED) is 0.322. The maximum Gasteiger partial charge on any atom is -0.0129 e. The zero-order valence-electron chi connectivity index (χ0n) is 27.0. The third-order valence-electron chi connectivity index (χ3n) is 6.20. The first kappa shape index (κ1) is 37.3. The molecule has 0 heterocycles. The van der Waals surface area contributed by atoms with Crippen molar-refractivity contribution in [3.05, 3.63) is 131 Å². The van der Waals surface area contributed by atoms with Gasteiger partial charge in [-0.3, -0.25) is 0 Å². The molecule has 0 aliphatic heterocycles. The fraction of sp³-hybridized carbons (Fsp3) is 0.421. The van der Waals surface area contributed by atoms with E-state index in [9.17, 15) is 0 Å². The monoisotopic (exact) mass is 514 g/mol. The number of hydrogen-bond donors (Lipinski definition) is 0. The lowest BCUT2D eigenvalue weighted by atomic mass is 9.83. The first-order valence-corrected chi connectivity index (χ1v) is 14.3. The molecule has 210 valence electrons. The molecule has 0 radical (unpaired) electrons. The smallest absolute Gasteiger partial charge is 0.0129 e. The summed E-state index contributed by atoms with van der Waals surface area (Å²) in [6.07, 6.45) is 9.03. The molecule has 0 nitrogen and oxygen atoms in total. The molecule has 0 bridgehead atoms. The first-order chi connectivity index (χ1) is 17.8. The van der Waals surface area contributed by atoms with Gasteiger partial charge in [-0.25, -0.2) is 0 Å². The van der Waals surface area contributed by atoms with E-state index < -0.39 is 0 Å². The summed E-state index contributed by atoms with van der Waals surface area (Å²) < 4.78 is 0. The number of benzene rings is 2. The Bertz CT molecular complexity index is 1000. The fourth-order valence-electron chi connectivity index (χ4n) is 3.64. The maximum atomic E-state index is 3.99. The van der Waals surface area contributed by atoms with E-state index in [0.717, 1.165) is 36.0 Å². The van der Waals surface area contributed by atoms with Gasteiger partial charge in [0.15, 0.2) is 0 Å². The predicted molar refractivity (Wildman–Crippen MR) is 177 cm³/mol. The topological polar surface area (TPSA) is 0 Å². The molecule has 0 fully saturated rings. The van der Waals surface area contributed by atoms with Crippen molar-refractivity contribution < 1.29 is 0 Å². The second-order valence-electron chi connectivity index (χ2n) is 10.5. The summed E-state index contributed by atoms with van der Waals surface area (Å²) in [5, 5.41) is 0. The van der Waals surface area contributed by atoms with Crippen LogP contribution < -0.4 is 0 Å². The number of aryl methyl sites for hydroxylation is 4. The summed E-state index contributed by atoms with van der Waals surface area (Å²) in [7, 11) is 0. The highest BCUT2D eigenvalue weighted by Gasteiger charge is 2.15. The SMILES string of the molecule is C=CC(/C=C(\C=C)C(=C)CC)=C(C)C.CC.CCc1ccc(CC)cc1.Cc1ccc(C)c(C(C)(C)C)c1. The van der Waals surface area contributed by atoms with Crippen LogP contribution in [0.3, 0.4) is 0 Å². The van der Waals surface area contributed by atoms with Crippen molar-refractivity contribution in [3.8, 4) is 0 Å². The molecule has 2 aromatic carbocycles. The third kappa shape index (κ3) is 14.8. The Morgan fingerprint density at radius 3 is 1.55 bits per heavy atom. The van der Waals surface area contributed by atoms with Crippen LogP contribution in [0.1, 0.15) is 103 Å². The molecule has 38 heavy (non-hydrogen) atoms. The minimum atomic E-state index is 0.274. The van der Waals surface area contributed by atoms with Crippen LogP contribution in [0, 0.1) is 13.8 Å². The van der Waals surface area contributed by atoms with E-state index in [1.807, 2.05) is 26.0 Å². The van der Waals surface area contributed by atoms with Crippen LogP contribution in [0.25, 0.3) is 0 Å². The van der Waals surface area contributed by atoms with Crippen LogP contribution in [0.5, 0.6) is 0 Å². The van der Waals surface area contributed by atoms with Crippen molar-refractivity contribution in [2.75, 3.05) is 0 Å². The summed E-state index contributed by atoms with van der Waals surface area (Å²) in [4.78, 5) is 0. The normalized spacial score (nSPS) is 10.4. The van der Waals surface area contributed by atoms with E-state index in [1.54, 1.807) is 0 Å². The average molecular weight is 515 g/mol. The van der Waals surface area contributed by atoms with Gasteiger partial charge in [-0.15, -0.1) is 0 Å². The maximum absolute atomic E-state index is 3.99. The molecule has 0 spiro atoms. The Morgan fingerprint density at radius 1 is 0.789 bits per heavy atom. The zero-order valence-corrected chi connectivity index (χ0v) is 27.0. The standard InChI is InChI=1S/C14H20.C12H18.C10H14.C2H6/c1-7-12(6)14(9-3)10-13(8-2)11(4)5;1-9-6-7-10(2)11(8-9)12(3,4)5;1-3-9-5-7-10(4-2)8-6-9;1-2/h8-10H,2-3,6-7H2,1,4-5H3;6-8H,1-5H3;5-8H,3-4H2,1-2H3;1-2H3/b14-10+;;;. The molecule has 0 amide bonds. The second kappa shape index (κ2) is 20.1. The van der Waals surface area contributed by atoms with E-state index >= 15 is 0 Å². The Labute approximate surface area is 238 Å². The first-order valence-electron chi connectivity index (χ1n) is 14.3. The molecule has 0 unspecified atom stereocenters. The molecule has 0 atom stereocenters. The minimum absolute atomic E-state index is 0.274. The van der Waals surface area contributed by atoms with Crippen LogP contribution in [0.4, 0.5) is 0 Å². The van der Waals surface area contributed by atoms with E-state index in [2.05, 4.69) is 138 Å². The van der Waals surface area contributed by atoms with Crippen molar-refractivity contribution in [3.63, 3.8) is 0 Å². The van der Waals surface area contributed by atoms with Gasteiger partial charge in [-0.1, -0.05) is 141 Å². The van der Waals surface area contributed by atoms with Gasteiger partial charge in [0.05, 0.1) is 0 Å². The lowest BCUT2D eigenvalue weighted by molar-refractivity contribution is 0.585. The molecule has 2 rings (SSSR count). The van der Waals surface area contributed by atoms with Gasteiger partial charge in [0.25, 0.3) is 0 Å². The van der Waals surface area contributed by atoms with E-state index in [-0.39, 0.29) is 5.41 Å². The highest BCUT2D eigenvalue weighted by molar-refractivity contribution is 5.46. The molecular formula is C38H58. The van der Waals surface area contributed by atoms with Crippen LogP contribution in [0.15, 0.2) is 103 Å². The Balaban J connectivity index is 0.